The van der Waals surface area contributed by atoms with Crippen LogP contribution < -0.4 is 4.90 Å². The van der Waals surface area contributed by atoms with Gasteiger partial charge in [0, 0.05) is 23.8 Å². The maximum Gasteiger partial charge on any atom is 0.197 e. The van der Waals surface area contributed by atoms with Gasteiger partial charge in [-0.1, -0.05) is 0 Å². The van der Waals surface area contributed by atoms with E-state index >= 15 is 0 Å². The molecule has 1 saturated heterocycles. The maximum absolute atomic E-state index is 14.0. The molecule has 0 spiro atoms. The van der Waals surface area contributed by atoms with Gasteiger partial charge in [-0.2, -0.15) is 0 Å². The number of fused-ring (bicyclic) bond motifs is 1. The highest BCUT2D eigenvalue weighted by atomic mass is 32.2. The van der Waals surface area contributed by atoms with E-state index in [0.29, 0.717) is 37.3 Å². The van der Waals surface area contributed by atoms with Crippen LogP contribution >= 0.6 is 11.3 Å². The van der Waals surface area contributed by atoms with Gasteiger partial charge >= 0.3 is 0 Å². The van der Waals surface area contributed by atoms with E-state index < -0.39 is 16.6 Å². The number of halogens is 1. The van der Waals surface area contributed by atoms with Gasteiger partial charge in [0.15, 0.2) is 16.8 Å². The van der Waals surface area contributed by atoms with Crippen molar-refractivity contribution in [3.8, 4) is 0 Å². The monoisotopic (exact) mass is 367 g/mol. The largest absolute Gasteiger partial charge is 0.378 e. The van der Waals surface area contributed by atoms with Crippen LogP contribution in [0.5, 0.6) is 0 Å². The van der Waals surface area contributed by atoms with Crippen LogP contribution in [0.15, 0.2) is 22.1 Å². The van der Waals surface area contributed by atoms with Gasteiger partial charge < -0.3 is 14.6 Å². The summed E-state index contributed by atoms with van der Waals surface area (Å²) in [6, 6.07) is 0. The molecule has 1 aliphatic heterocycles. The van der Waals surface area contributed by atoms with Crippen molar-refractivity contribution in [3.05, 3.63) is 28.6 Å². The number of rotatable bonds is 4. The lowest BCUT2D eigenvalue weighted by molar-refractivity contribution is 0.122. The summed E-state index contributed by atoms with van der Waals surface area (Å²) in [6.07, 6.45) is 1.13. The molecule has 7 nitrogen and oxygen atoms in total. The Morgan fingerprint density at radius 2 is 2.17 bits per heavy atom. The summed E-state index contributed by atoms with van der Waals surface area (Å²) in [6.45, 7) is 2.22. The number of hydrogen-bond donors (Lipinski definition) is 1. The second-order valence-electron chi connectivity index (χ2n) is 5.26. The number of anilines is 1. The number of aromatic nitrogens is 4. The number of thiophene rings is 1. The molecule has 0 aliphatic carbocycles. The van der Waals surface area contributed by atoms with Crippen LogP contribution in [0.25, 0.3) is 11.0 Å². The maximum atomic E-state index is 14.0. The quantitative estimate of drug-likeness (QED) is 0.756. The van der Waals surface area contributed by atoms with E-state index in [1.165, 1.54) is 11.3 Å². The third kappa shape index (κ3) is 3.04. The molecule has 126 valence electrons. The minimum atomic E-state index is -1.42. The molecule has 0 saturated carbocycles. The Labute approximate surface area is 143 Å². The molecule has 1 aliphatic rings. The second kappa shape index (κ2) is 6.54. The molecule has 10 heteroatoms. The number of hydrogen-bond acceptors (Lipinski definition) is 7. The SMILES string of the molecule is O=S(Cc1ncc(F)c(N2CCOCC2)n1)c1nc2cscc2[nH]1. The summed E-state index contributed by atoms with van der Waals surface area (Å²) >= 11 is 1.53. The van der Waals surface area contributed by atoms with Crippen LogP contribution in [0.1, 0.15) is 5.82 Å². The molecule has 0 radical (unpaired) electrons. The molecule has 1 N–H and O–H groups in total. The number of ether oxygens (including phenoxy) is 1. The topological polar surface area (TPSA) is 84.0 Å². The second-order valence-corrected chi connectivity index (χ2v) is 7.37. The number of aromatic amines is 1. The zero-order valence-corrected chi connectivity index (χ0v) is 14.2. The van der Waals surface area contributed by atoms with Crippen molar-refractivity contribution in [2.24, 2.45) is 0 Å². The van der Waals surface area contributed by atoms with Crippen LogP contribution in [0.2, 0.25) is 0 Å². The lowest BCUT2D eigenvalue weighted by atomic mass is 10.4. The number of H-pyrrole nitrogens is 1. The molecule has 24 heavy (non-hydrogen) atoms. The Morgan fingerprint density at radius 3 is 2.96 bits per heavy atom. The predicted molar refractivity (Wildman–Crippen MR) is 89.1 cm³/mol. The summed E-state index contributed by atoms with van der Waals surface area (Å²) in [4.78, 5) is 17.4. The number of imidazole rings is 1. The van der Waals surface area contributed by atoms with E-state index in [9.17, 15) is 8.60 Å². The molecule has 0 amide bonds. The molecule has 0 aromatic carbocycles. The Bertz CT molecular complexity index is 862. The number of morpholine rings is 1. The van der Waals surface area contributed by atoms with Crippen LogP contribution in [0.4, 0.5) is 10.2 Å². The van der Waals surface area contributed by atoms with Crippen molar-refractivity contribution in [2.45, 2.75) is 10.9 Å². The van der Waals surface area contributed by atoms with Crippen molar-refractivity contribution >= 4 is 39.0 Å². The highest BCUT2D eigenvalue weighted by Crippen LogP contribution is 2.20. The molecule has 3 aromatic heterocycles. The molecular formula is C14H14FN5O2S2. The summed E-state index contributed by atoms with van der Waals surface area (Å²) in [5, 5.41) is 4.18. The Kier molecular flexibility index (Phi) is 4.25. The van der Waals surface area contributed by atoms with Crippen molar-refractivity contribution in [1.29, 1.82) is 0 Å². The highest BCUT2D eigenvalue weighted by molar-refractivity contribution is 7.84. The van der Waals surface area contributed by atoms with E-state index in [2.05, 4.69) is 19.9 Å². The Morgan fingerprint density at radius 1 is 1.33 bits per heavy atom. The van der Waals surface area contributed by atoms with Gasteiger partial charge in [0.2, 0.25) is 0 Å². The zero-order valence-electron chi connectivity index (χ0n) is 12.6. The van der Waals surface area contributed by atoms with Gasteiger partial charge in [0.25, 0.3) is 0 Å². The highest BCUT2D eigenvalue weighted by Gasteiger charge is 2.19. The van der Waals surface area contributed by atoms with Crippen molar-refractivity contribution in [2.75, 3.05) is 31.2 Å². The van der Waals surface area contributed by atoms with E-state index in [1.807, 2.05) is 15.7 Å². The molecular weight excluding hydrogens is 353 g/mol. The average Bonchev–Trinajstić information content (AvgIpc) is 3.19. The molecule has 4 heterocycles. The molecule has 0 bridgehead atoms. The summed E-state index contributed by atoms with van der Waals surface area (Å²) in [7, 11) is -1.42. The summed E-state index contributed by atoms with van der Waals surface area (Å²) in [5.74, 6) is 0.164. The van der Waals surface area contributed by atoms with E-state index in [1.54, 1.807) is 0 Å². The van der Waals surface area contributed by atoms with Gasteiger partial charge in [-0.25, -0.2) is 19.3 Å². The predicted octanol–water partition coefficient (Wildman–Crippen LogP) is 1.70. The minimum Gasteiger partial charge on any atom is -0.378 e. The van der Waals surface area contributed by atoms with Gasteiger partial charge in [0.1, 0.15) is 11.3 Å². The fraction of sp³-hybridized carbons (Fsp3) is 0.357. The Balaban J connectivity index is 1.55. The number of nitrogens with one attached hydrogen (secondary N) is 1. The average molecular weight is 367 g/mol. The first kappa shape index (κ1) is 15.6. The van der Waals surface area contributed by atoms with Gasteiger partial charge in [-0.05, 0) is 0 Å². The molecule has 1 atom stereocenters. The summed E-state index contributed by atoms with van der Waals surface area (Å²) < 4.78 is 31.7. The molecule has 3 aromatic rings. The van der Waals surface area contributed by atoms with Gasteiger partial charge in [-0.15, -0.1) is 11.3 Å². The van der Waals surface area contributed by atoms with Crippen molar-refractivity contribution in [1.82, 2.24) is 19.9 Å². The zero-order chi connectivity index (χ0) is 16.5. The van der Waals surface area contributed by atoms with Crippen molar-refractivity contribution in [3.63, 3.8) is 0 Å². The lowest BCUT2D eigenvalue weighted by Crippen LogP contribution is -2.37. The fourth-order valence-corrected chi connectivity index (χ4v) is 4.10. The van der Waals surface area contributed by atoms with Crippen LogP contribution in [0.3, 0.4) is 0 Å². The van der Waals surface area contributed by atoms with Gasteiger partial charge in [0.05, 0.1) is 41.5 Å². The van der Waals surface area contributed by atoms with Gasteiger partial charge in [-0.3, -0.25) is 4.21 Å². The van der Waals surface area contributed by atoms with Crippen LogP contribution in [-0.4, -0.2) is 50.4 Å². The van der Waals surface area contributed by atoms with Crippen molar-refractivity contribution < 1.29 is 13.3 Å². The molecule has 1 unspecified atom stereocenters. The minimum absolute atomic E-state index is 0.0805. The smallest absolute Gasteiger partial charge is 0.197 e. The third-order valence-electron chi connectivity index (χ3n) is 3.67. The third-order valence-corrected chi connectivity index (χ3v) is 5.54. The molecule has 4 rings (SSSR count). The van der Waals surface area contributed by atoms with E-state index in [-0.39, 0.29) is 11.6 Å². The van der Waals surface area contributed by atoms with E-state index in [4.69, 9.17) is 4.74 Å². The van der Waals surface area contributed by atoms with Crippen LogP contribution in [0, 0.1) is 5.82 Å². The first-order valence-electron chi connectivity index (χ1n) is 7.35. The standard InChI is InChI=1S/C14H14FN5O2S2/c15-9-5-16-12(19-13(9)20-1-3-22-4-2-20)8-24(21)14-17-10-6-23-7-11(10)18-14/h5-7H,1-4,8H2,(H,17,18). The summed E-state index contributed by atoms with van der Waals surface area (Å²) in [5.41, 5.74) is 1.65. The lowest BCUT2D eigenvalue weighted by Gasteiger charge is -2.28. The first-order valence-corrected chi connectivity index (χ1v) is 9.61. The Hall–Kier alpha value is -1.91. The van der Waals surface area contributed by atoms with Crippen LogP contribution in [-0.2, 0) is 21.3 Å². The fourth-order valence-electron chi connectivity index (χ4n) is 2.48. The number of nitrogens with zero attached hydrogens (tertiary/aromatic N) is 4. The molecule has 1 fully saturated rings. The van der Waals surface area contributed by atoms with E-state index in [0.717, 1.165) is 17.2 Å². The first-order chi connectivity index (χ1) is 11.7. The normalized spacial score (nSPS) is 16.6.